The number of benzene rings is 5. The molecule has 2 aliphatic carbocycles. The Hall–Kier alpha value is -6.36. The Morgan fingerprint density at radius 3 is 1.69 bits per heavy atom. The van der Waals surface area contributed by atoms with Crippen LogP contribution in [0.3, 0.4) is 0 Å². The highest BCUT2D eigenvalue weighted by Crippen LogP contribution is 2.49. The largest absolute Gasteiger partial charge is 0.356 e. The van der Waals surface area contributed by atoms with Crippen molar-refractivity contribution in [2.24, 2.45) is 11.8 Å². The first-order valence-corrected chi connectivity index (χ1v) is 16.4. The molecule has 0 radical (unpaired) electrons. The summed E-state index contributed by atoms with van der Waals surface area (Å²) in [6, 6.07) is 42.9. The molecule has 4 nitrogen and oxygen atoms in total. The summed E-state index contributed by atoms with van der Waals surface area (Å²) < 4.78 is 2.32. The lowest BCUT2D eigenvalue weighted by Crippen LogP contribution is -2.37. The second kappa shape index (κ2) is 11.2. The monoisotopic (exact) mass is 614 g/mol. The highest BCUT2D eigenvalue weighted by molar-refractivity contribution is 6.09. The molecule has 5 aromatic carbocycles. The fraction of sp³-hybridized carbons (Fsp3) is 0.0909. The minimum atomic E-state index is 0.0776. The molecule has 4 heteroatoms. The van der Waals surface area contributed by atoms with Crippen molar-refractivity contribution in [2.45, 2.75) is 12.1 Å². The standard InChI is InChI=1S/C44H30N4/c45-27-32-20-21-33(28-46)44(48-41-18-7-3-14-37(41)38-15-4-8-19-42(38)48)43(32)31-11-9-10-30(26-31)29-22-24-34(25-23-29)47-39-16-5-1-12-35(39)36-13-2-6-17-40(36)47/h1-26,37-38,41-42H. The maximum absolute atomic E-state index is 10.4. The molecule has 0 N–H and O–H groups in total. The van der Waals surface area contributed by atoms with Crippen LogP contribution >= 0.6 is 0 Å². The van der Waals surface area contributed by atoms with Gasteiger partial charge in [0.25, 0.3) is 0 Å². The summed E-state index contributed by atoms with van der Waals surface area (Å²) in [5.41, 5.74) is 9.31. The number of hydrogen-bond donors (Lipinski definition) is 0. The average Bonchev–Trinajstić information content (AvgIpc) is 3.67. The third-order valence-corrected chi connectivity index (χ3v) is 10.2. The van der Waals surface area contributed by atoms with Crippen LogP contribution in [0.2, 0.25) is 0 Å². The van der Waals surface area contributed by atoms with Crippen LogP contribution in [-0.4, -0.2) is 16.7 Å². The predicted octanol–water partition coefficient (Wildman–Crippen LogP) is 9.90. The van der Waals surface area contributed by atoms with E-state index in [0.29, 0.717) is 11.1 Å². The Morgan fingerprint density at radius 1 is 0.500 bits per heavy atom. The van der Waals surface area contributed by atoms with E-state index in [1.807, 2.05) is 6.07 Å². The molecule has 1 fully saturated rings. The van der Waals surface area contributed by atoms with Gasteiger partial charge in [-0.2, -0.15) is 10.5 Å². The summed E-state index contributed by atoms with van der Waals surface area (Å²) >= 11 is 0. The zero-order chi connectivity index (χ0) is 32.2. The van der Waals surface area contributed by atoms with Gasteiger partial charge in [0.1, 0.15) is 6.07 Å². The van der Waals surface area contributed by atoms with Crippen LogP contribution in [-0.2, 0) is 0 Å². The van der Waals surface area contributed by atoms with Gasteiger partial charge < -0.3 is 9.47 Å². The van der Waals surface area contributed by atoms with Gasteiger partial charge in [-0.05, 0) is 59.2 Å². The zero-order valence-electron chi connectivity index (χ0n) is 26.1. The molecule has 0 saturated carbocycles. The lowest BCUT2D eigenvalue weighted by molar-refractivity contribution is 0.527. The lowest BCUT2D eigenvalue weighted by Gasteiger charge is -2.34. The van der Waals surface area contributed by atoms with E-state index >= 15 is 0 Å². The van der Waals surface area contributed by atoms with Crippen LogP contribution in [0.1, 0.15) is 11.1 Å². The fourth-order valence-corrected chi connectivity index (χ4v) is 8.18. The van der Waals surface area contributed by atoms with E-state index in [0.717, 1.165) is 33.6 Å². The van der Waals surface area contributed by atoms with Gasteiger partial charge in [0.2, 0.25) is 0 Å². The topological polar surface area (TPSA) is 55.8 Å². The Balaban J connectivity index is 1.16. The van der Waals surface area contributed by atoms with E-state index < -0.39 is 0 Å². The van der Waals surface area contributed by atoms with E-state index in [1.54, 1.807) is 6.07 Å². The number of nitriles is 2. The molecule has 226 valence electrons. The average molecular weight is 615 g/mol. The van der Waals surface area contributed by atoms with Crippen molar-refractivity contribution in [3.05, 3.63) is 169 Å². The predicted molar refractivity (Wildman–Crippen MR) is 195 cm³/mol. The minimum Gasteiger partial charge on any atom is -0.356 e. The maximum atomic E-state index is 10.4. The highest BCUT2D eigenvalue weighted by atomic mass is 15.2. The van der Waals surface area contributed by atoms with Crippen LogP contribution in [0, 0.1) is 34.5 Å². The molecular formula is C44H30N4. The van der Waals surface area contributed by atoms with Gasteiger partial charge in [0.15, 0.2) is 0 Å². The molecule has 48 heavy (non-hydrogen) atoms. The normalized spacial score (nSPS) is 20.5. The Morgan fingerprint density at radius 2 is 1.06 bits per heavy atom. The number of rotatable bonds is 4. The molecule has 9 rings (SSSR count). The quantitative estimate of drug-likeness (QED) is 0.199. The van der Waals surface area contributed by atoms with Crippen molar-refractivity contribution < 1.29 is 0 Å². The molecule has 0 spiro atoms. The van der Waals surface area contributed by atoms with Gasteiger partial charge in [-0.1, -0.05) is 115 Å². The van der Waals surface area contributed by atoms with Crippen LogP contribution < -0.4 is 4.90 Å². The summed E-state index contributed by atoms with van der Waals surface area (Å²) in [4.78, 5) is 2.39. The summed E-state index contributed by atoms with van der Waals surface area (Å²) in [5.74, 6) is 0.566. The molecule has 4 unspecified atom stereocenters. The van der Waals surface area contributed by atoms with Crippen LogP contribution in [0.5, 0.6) is 0 Å². The van der Waals surface area contributed by atoms with Crippen molar-refractivity contribution in [2.75, 3.05) is 4.90 Å². The van der Waals surface area contributed by atoms with Crippen molar-refractivity contribution in [1.29, 1.82) is 10.5 Å². The molecule has 3 aliphatic rings. The summed E-state index contributed by atoms with van der Waals surface area (Å²) in [5, 5.41) is 23.4. The summed E-state index contributed by atoms with van der Waals surface area (Å²) in [6.45, 7) is 0. The smallest absolute Gasteiger partial charge is 0.101 e. The van der Waals surface area contributed by atoms with Gasteiger partial charge in [-0.15, -0.1) is 0 Å². The summed E-state index contributed by atoms with van der Waals surface area (Å²) in [7, 11) is 0. The first kappa shape index (κ1) is 27.9. The molecule has 4 atom stereocenters. The molecule has 0 amide bonds. The van der Waals surface area contributed by atoms with Crippen LogP contribution in [0.15, 0.2) is 158 Å². The summed E-state index contributed by atoms with van der Waals surface area (Å²) in [6.07, 6.45) is 17.5. The van der Waals surface area contributed by atoms with E-state index in [4.69, 9.17) is 0 Å². The molecule has 6 aromatic rings. The molecule has 1 aliphatic heterocycles. The number of fused-ring (bicyclic) bond motifs is 6. The van der Waals surface area contributed by atoms with Gasteiger partial charge in [-0.3, -0.25) is 0 Å². The van der Waals surface area contributed by atoms with Crippen molar-refractivity contribution in [3.63, 3.8) is 0 Å². The third-order valence-electron chi connectivity index (χ3n) is 10.2. The van der Waals surface area contributed by atoms with Gasteiger partial charge in [0.05, 0.1) is 46.0 Å². The second-order valence-electron chi connectivity index (χ2n) is 12.7. The molecular weight excluding hydrogens is 585 g/mol. The van der Waals surface area contributed by atoms with Crippen LogP contribution in [0.4, 0.5) is 5.69 Å². The Bertz CT molecular complexity index is 2370. The first-order chi connectivity index (χ1) is 23.7. The van der Waals surface area contributed by atoms with E-state index in [1.165, 1.54) is 21.8 Å². The fourth-order valence-electron chi connectivity index (χ4n) is 8.18. The van der Waals surface area contributed by atoms with Gasteiger partial charge >= 0.3 is 0 Å². The minimum absolute atomic E-state index is 0.0776. The number of anilines is 1. The van der Waals surface area contributed by atoms with Gasteiger partial charge in [0, 0.05) is 33.9 Å². The molecule has 0 bridgehead atoms. The number of allylic oxidation sites excluding steroid dienone is 4. The Kier molecular flexibility index (Phi) is 6.49. The SMILES string of the molecule is N#Cc1ccc(C#N)c(N2C3C=CC=CC3C3C=CC=CC32)c1-c1cccc(-c2ccc(-n3c4ccccc4c4ccccc43)cc2)c1. The van der Waals surface area contributed by atoms with Crippen molar-refractivity contribution in [3.8, 4) is 40.1 Å². The molecule has 1 aromatic heterocycles. The van der Waals surface area contributed by atoms with E-state index in [9.17, 15) is 10.5 Å². The van der Waals surface area contributed by atoms with Crippen LogP contribution in [0.25, 0.3) is 49.7 Å². The van der Waals surface area contributed by atoms with Crippen molar-refractivity contribution in [1.82, 2.24) is 4.57 Å². The molecule has 1 saturated heterocycles. The zero-order valence-corrected chi connectivity index (χ0v) is 26.1. The van der Waals surface area contributed by atoms with E-state index in [-0.39, 0.29) is 23.9 Å². The Labute approximate surface area is 279 Å². The first-order valence-electron chi connectivity index (χ1n) is 16.4. The number of nitrogens with zero attached hydrogens (tertiary/aromatic N) is 4. The highest BCUT2D eigenvalue weighted by Gasteiger charge is 2.47. The van der Waals surface area contributed by atoms with Crippen molar-refractivity contribution >= 4 is 27.5 Å². The number of para-hydroxylation sites is 2. The molecule has 2 heterocycles. The van der Waals surface area contributed by atoms with E-state index in [2.05, 4.69) is 167 Å². The number of aromatic nitrogens is 1. The third kappa shape index (κ3) is 4.20. The number of hydrogen-bond acceptors (Lipinski definition) is 3. The second-order valence-corrected chi connectivity index (χ2v) is 12.7. The van der Waals surface area contributed by atoms with Gasteiger partial charge in [-0.25, -0.2) is 0 Å². The maximum Gasteiger partial charge on any atom is 0.101 e. The lowest BCUT2D eigenvalue weighted by atomic mass is 9.83.